The van der Waals surface area contributed by atoms with Crippen molar-refractivity contribution in [3.8, 4) is 0 Å². The van der Waals surface area contributed by atoms with Crippen LogP contribution in [0.25, 0.3) is 0 Å². The second-order valence-corrected chi connectivity index (χ2v) is 6.95. The molecule has 0 aromatic heterocycles. The van der Waals surface area contributed by atoms with Crippen LogP contribution in [-0.4, -0.2) is 53.6 Å². The third-order valence-corrected chi connectivity index (χ3v) is 3.39. The number of amides is 2. The first-order valence-corrected chi connectivity index (χ1v) is 8.13. The summed E-state index contributed by atoms with van der Waals surface area (Å²) >= 11 is 1.11. The Balaban J connectivity index is 3.92. The third kappa shape index (κ3) is 13.6. The number of hydrogen-bond acceptors (Lipinski definition) is 6. The SMILES string of the molecule is CC(=O)SCCNC(=O)OCC(C)(C)CC(=O)NCCC(=O)O. The van der Waals surface area contributed by atoms with Crippen molar-refractivity contribution in [2.75, 3.05) is 25.4 Å². The summed E-state index contributed by atoms with van der Waals surface area (Å²) in [4.78, 5) is 44.2. The van der Waals surface area contributed by atoms with Gasteiger partial charge in [-0.3, -0.25) is 14.4 Å². The molecule has 0 aromatic rings. The minimum atomic E-state index is -0.979. The Morgan fingerprint density at radius 2 is 1.78 bits per heavy atom. The van der Waals surface area contributed by atoms with E-state index in [9.17, 15) is 19.2 Å². The van der Waals surface area contributed by atoms with Gasteiger partial charge in [-0.15, -0.1) is 0 Å². The first kappa shape index (κ1) is 21.2. The molecule has 0 unspecified atom stereocenters. The maximum Gasteiger partial charge on any atom is 0.407 e. The molecule has 9 heteroatoms. The zero-order valence-corrected chi connectivity index (χ0v) is 14.5. The van der Waals surface area contributed by atoms with Gasteiger partial charge in [0, 0.05) is 37.6 Å². The molecule has 0 radical (unpaired) electrons. The topological polar surface area (TPSA) is 122 Å². The molecule has 0 aliphatic heterocycles. The Morgan fingerprint density at radius 1 is 1.13 bits per heavy atom. The molecule has 8 nitrogen and oxygen atoms in total. The summed E-state index contributed by atoms with van der Waals surface area (Å²) in [5.74, 6) is -0.801. The van der Waals surface area contributed by atoms with Crippen LogP contribution in [0.1, 0.15) is 33.6 Å². The Kier molecular flexibility index (Phi) is 10.0. The van der Waals surface area contributed by atoms with E-state index in [0.717, 1.165) is 11.8 Å². The predicted octanol–water partition coefficient (Wildman–Crippen LogP) is 1.000. The lowest BCUT2D eigenvalue weighted by Gasteiger charge is -2.23. The molecule has 2 amide bonds. The van der Waals surface area contributed by atoms with Crippen LogP contribution in [0.15, 0.2) is 0 Å². The van der Waals surface area contributed by atoms with E-state index in [1.54, 1.807) is 13.8 Å². The number of thioether (sulfide) groups is 1. The molecular formula is C14H24N2O6S. The van der Waals surface area contributed by atoms with Crippen LogP contribution in [0.5, 0.6) is 0 Å². The second-order valence-electron chi connectivity index (χ2n) is 5.68. The molecule has 0 bridgehead atoms. The number of carbonyl (C=O) groups excluding carboxylic acids is 3. The van der Waals surface area contributed by atoms with Gasteiger partial charge in [0.15, 0.2) is 5.12 Å². The van der Waals surface area contributed by atoms with Gasteiger partial charge in [-0.1, -0.05) is 25.6 Å². The summed E-state index contributed by atoms with van der Waals surface area (Å²) < 4.78 is 5.04. The molecule has 0 spiro atoms. The maximum absolute atomic E-state index is 11.7. The molecular weight excluding hydrogens is 324 g/mol. The molecule has 0 aliphatic carbocycles. The van der Waals surface area contributed by atoms with E-state index in [1.165, 1.54) is 6.92 Å². The maximum atomic E-state index is 11.7. The van der Waals surface area contributed by atoms with Crippen molar-refractivity contribution < 1.29 is 29.0 Å². The highest BCUT2D eigenvalue weighted by Crippen LogP contribution is 2.20. The minimum Gasteiger partial charge on any atom is -0.481 e. The van der Waals surface area contributed by atoms with Gasteiger partial charge in [0.2, 0.25) is 5.91 Å². The van der Waals surface area contributed by atoms with Crippen LogP contribution in [0.3, 0.4) is 0 Å². The fourth-order valence-corrected chi connectivity index (χ4v) is 2.01. The number of carboxylic acid groups (broad SMARTS) is 1. The summed E-state index contributed by atoms with van der Waals surface area (Å²) in [5.41, 5.74) is -0.571. The lowest BCUT2D eigenvalue weighted by molar-refractivity contribution is -0.137. The number of alkyl carbamates (subject to hydrolysis) is 1. The Morgan fingerprint density at radius 3 is 2.35 bits per heavy atom. The molecule has 0 saturated heterocycles. The molecule has 3 N–H and O–H groups in total. The van der Waals surface area contributed by atoms with Gasteiger partial charge >= 0.3 is 12.1 Å². The van der Waals surface area contributed by atoms with Crippen LogP contribution in [0, 0.1) is 5.41 Å². The van der Waals surface area contributed by atoms with Gasteiger partial charge in [0.05, 0.1) is 13.0 Å². The Hall–Kier alpha value is -1.77. The Labute approximate surface area is 139 Å². The minimum absolute atomic E-state index is 0.0183. The number of hydrogen-bond donors (Lipinski definition) is 3. The van der Waals surface area contributed by atoms with Crippen molar-refractivity contribution in [1.82, 2.24) is 10.6 Å². The van der Waals surface area contributed by atoms with Crippen molar-refractivity contribution in [2.45, 2.75) is 33.6 Å². The van der Waals surface area contributed by atoms with Crippen LogP contribution in [-0.2, 0) is 19.1 Å². The standard InChI is InChI=1S/C14H24N2O6S/c1-10(17)23-7-6-16-13(21)22-9-14(2,3)8-11(18)15-5-4-12(19)20/h4-9H2,1-3H3,(H,15,18)(H,16,21)(H,19,20). The van der Waals surface area contributed by atoms with Crippen LogP contribution >= 0.6 is 11.8 Å². The first-order chi connectivity index (χ1) is 10.6. The number of carboxylic acids is 1. The molecule has 0 saturated carbocycles. The molecule has 0 rings (SSSR count). The number of nitrogens with one attached hydrogen (secondary N) is 2. The van der Waals surface area contributed by atoms with Gasteiger partial charge in [-0.2, -0.15) is 0 Å². The van der Waals surface area contributed by atoms with Gasteiger partial charge in [-0.05, 0) is 0 Å². The first-order valence-electron chi connectivity index (χ1n) is 7.15. The quantitative estimate of drug-likeness (QED) is 0.503. The summed E-state index contributed by atoms with van der Waals surface area (Å²) in [6.07, 6.45) is -0.628. The molecule has 0 fully saturated rings. The van der Waals surface area contributed by atoms with Crippen molar-refractivity contribution in [2.24, 2.45) is 5.41 Å². The smallest absolute Gasteiger partial charge is 0.407 e. The third-order valence-electron chi connectivity index (χ3n) is 2.57. The van der Waals surface area contributed by atoms with Crippen molar-refractivity contribution >= 4 is 34.8 Å². The van der Waals surface area contributed by atoms with Gasteiger partial charge < -0.3 is 20.5 Å². The average molecular weight is 348 g/mol. The monoisotopic (exact) mass is 348 g/mol. The Bertz CT molecular complexity index is 439. The molecule has 132 valence electrons. The van der Waals surface area contributed by atoms with E-state index in [1.807, 2.05) is 0 Å². The van der Waals surface area contributed by atoms with Gasteiger partial charge in [0.1, 0.15) is 0 Å². The fraction of sp³-hybridized carbons (Fsp3) is 0.714. The van der Waals surface area contributed by atoms with E-state index in [-0.39, 0.29) is 37.0 Å². The highest BCUT2D eigenvalue weighted by atomic mass is 32.2. The molecule has 23 heavy (non-hydrogen) atoms. The second kappa shape index (κ2) is 10.9. The number of aliphatic carboxylic acids is 1. The van der Waals surface area contributed by atoms with Crippen molar-refractivity contribution in [3.63, 3.8) is 0 Å². The number of ether oxygens (including phenoxy) is 1. The van der Waals surface area contributed by atoms with Crippen LogP contribution in [0.4, 0.5) is 4.79 Å². The lowest BCUT2D eigenvalue weighted by atomic mass is 9.90. The van der Waals surface area contributed by atoms with E-state index in [4.69, 9.17) is 9.84 Å². The zero-order valence-electron chi connectivity index (χ0n) is 13.6. The highest BCUT2D eigenvalue weighted by molar-refractivity contribution is 8.13. The van der Waals surface area contributed by atoms with E-state index >= 15 is 0 Å². The molecule has 0 aliphatic rings. The van der Waals surface area contributed by atoms with Gasteiger partial charge in [-0.25, -0.2) is 4.79 Å². The molecule has 0 heterocycles. The normalized spacial score (nSPS) is 10.7. The summed E-state index contributed by atoms with van der Waals surface area (Å²) in [6, 6.07) is 0. The number of carbonyl (C=O) groups is 4. The summed E-state index contributed by atoms with van der Waals surface area (Å²) in [5, 5.41) is 13.5. The fourth-order valence-electron chi connectivity index (χ4n) is 1.52. The van der Waals surface area contributed by atoms with Crippen molar-refractivity contribution in [1.29, 1.82) is 0 Å². The van der Waals surface area contributed by atoms with Crippen molar-refractivity contribution in [3.05, 3.63) is 0 Å². The summed E-state index contributed by atoms with van der Waals surface area (Å²) in [6.45, 7) is 5.42. The summed E-state index contributed by atoms with van der Waals surface area (Å²) in [7, 11) is 0. The zero-order chi connectivity index (χ0) is 17.9. The molecule has 0 atom stereocenters. The highest BCUT2D eigenvalue weighted by Gasteiger charge is 2.24. The van der Waals surface area contributed by atoms with Gasteiger partial charge in [0.25, 0.3) is 0 Å². The van der Waals surface area contributed by atoms with Crippen LogP contribution in [0.2, 0.25) is 0 Å². The van der Waals surface area contributed by atoms with E-state index in [2.05, 4.69) is 10.6 Å². The van der Waals surface area contributed by atoms with E-state index < -0.39 is 17.5 Å². The predicted molar refractivity (Wildman–Crippen MR) is 86.2 cm³/mol. The largest absolute Gasteiger partial charge is 0.481 e. The number of rotatable bonds is 10. The average Bonchev–Trinajstić information content (AvgIpc) is 2.40. The lowest BCUT2D eigenvalue weighted by Crippen LogP contribution is -2.35. The van der Waals surface area contributed by atoms with Crippen LogP contribution < -0.4 is 10.6 Å². The molecule has 0 aromatic carbocycles. The van der Waals surface area contributed by atoms with E-state index in [0.29, 0.717) is 12.3 Å².